The zero-order valence-corrected chi connectivity index (χ0v) is 20.2. The van der Waals surface area contributed by atoms with E-state index in [1.807, 2.05) is 87.6 Å². The van der Waals surface area contributed by atoms with Crippen LogP contribution in [0, 0.1) is 0 Å². The number of nitrogens with one attached hydrogen (secondary N) is 2. The molecular formula is C27H30N4O4. The van der Waals surface area contributed by atoms with Crippen LogP contribution >= 0.6 is 0 Å². The van der Waals surface area contributed by atoms with Crippen molar-refractivity contribution < 1.29 is 19.0 Å². The van der Waals surface area contributed by atoms with E-state index in [1.165, 1.54) is 12.7 Å². The minimum atomic E-state index is -0.381. The first kappa shape index (κ1) is 24.1. The molecule has 0 aliphatic heterocycles. The number of amides is 1. The normalized spacial score (nSPS) is 13.2. The molecule has 0 bridgehead atoms. The number of carbonyl (C=O) groups is 1. The number of para-hydroxylation sites is 1. The van der Waals surface area contributed by atoms with E-state index in [1.54, 1.807) is 0 Å². The second-order valence-corrected chi connectivity index (χ2v) is 9.18. The lowest BCUT2D eigenvalue weighted by atomic mass is 9.93. The van der Waals surface area contributed by atoms with E-state index in [0.717, 1.165) is 35.4 Å². The molecule has 0 saturated heterocycles. The van der Waals surface area contributed by atoms with Crippen molar-refractivity contribution in [2.45, 2.75) is 51.7 Å². The first-order valence-electron chi connectivity index (χ1n) is 11.6. The Hall–Kier alpha value is -4.07. The van der Waals surface area contributed by atoms with Crippen LogP contribution in [0.15, 0.2) is 73.2 Å². The molecule has 5 rings (SSSR count). The van der Waals surface area contributed by atoms with Crippen LogP contribution in [0.4, 0.5) is 4.79 Å². The van der Waals surface area contributed by atoms with Crippen LogP contribution in [0.2, 0.25) is 0 Å². The Morgan fingerprint density at radius 2 is 1.57 bits per heavy atom. The molecule has 1 fully saturated rings. The Morgan fingerprint density at radius 3 is 2.20 bits per heavy atom. The summed E-state index contributed by atoms with van der Waals surface area (Å²) >= 11 is 0. The van der Waals surface area contributed by atoms with Crippen molar-refractivity contribution in [2.75, 3.05) is 0 Å². The molecule has 2 aromatic carbocycles. The van der Waals surface area contributed by atoms with Crippen molar-refractivity contribution in [1.29, 1.82) is 0 Å². The molecule has 182 valence electrons. The second kappa shape index (κ2) is 10.9. The fourth-order valence-electron chi connectivity index (χ4n) is 3.26. The molecule has 35 heavy (non-hydrogen) atoms. The van der Waals surface area contributed by atoms with Crippen LogP contribution in [0.5, 0.6) is 23.1 Å². The highest BCUT2D eigenvalue weighted by atomic mass is 16.6. The molecule has 1 amide bonds. The number of carbonyl (C=O) groups excluding carboxylic acids is 1. The number of hydrogen-bond acceptors (Lipinski definition) is 6. The van der Waals surface area contributed by atoms with Gasteiger partial charge in [0.1, 0.15) is 34.7 Å². The van der Waals surface area contributed by atoms with Gasteiger partial charge in [0.05, 0.1) is 5.52 Å². The number of nitrogens with zero attached hydrogens (tertiary/aromatic N) is 2. The van der Waals surface area contributed by atoms with E-state index in [4.69, 9.17) is 14.2 Å². The zero-order valence-electron chi connectivity index (χ0n) is 20.2. The van der Waals surface area contributed by atoms with E-state index < -0.39 is 0 Å². The minimum Gasteiger partial charge on any atom is -0.457 e. The van der Waals surface area contributed by atoms with Gasteiger partial charge < -0.3 is 24.5 Å². The van der Waals surface area contributed by atoms with Crippen molar-refractivity contribution in [3.05, 3.63) is 73.2 Å². The maximum Gasteiger partial charge on any atom is 0.407 e. The SMILES string of the molecule is CC(C)(C)OC(=O)NC1CCC1.c1ccc(Oc2ccc(Oc3ncnc4cc[nH]c34)cc2)cc1. The predicted octanol–water partition coefficient (Wildman–Crippen LogP) is 6.61. The highest BCUT2D eigenvalue weighted by Gasteiger charge is 2.22. The van der Waals surface area contributed by atoms with Crippen LogP contribution in [-0.2, 0) is 4.74 Å². The highest BCUT2D eigenvalue weighted by molar-refractivity contribution is 5.79. The fraction of sp³-hybridized carbons (Fsp3) is 0.296. The third kappa shape index (κ3) is 7.20. The Labute approximate surface area is 204 Å². The summed E-state index contributed by atoms with van der Waals surface area (Å²) in [5.74, 6) is 2.72. The molecule has 0 radical (unpaired) electrons. The summed E-state index contributed by atoms with van der Waals surface area (Å²) in [6.07, 6.45) is 6.42. The van der Waals surface area contributed by atoms with Crippen LogP contribution < -0.4 is 14.8 Å². The summed E-state index contributed by atoms with van der Waals surface area (Å²) in [6, 6.07) is 19.3. The molecule has 0 spiro atoms. The number of benzene rings is 2. The van der Waals surface area contributed by atoms with Gasteiger partial charge in [0, 0.05) is 12.2 Å². The van der Waals surface area contributed by atoms with Gasteiger partial charge >= 0.3 is 6.09 Å². The number of aromatic nitrogens is 3. The Balaban J connectivity index is 0.000000204. The summed E-state index contributed by atoms with van der Waals surface area (Å²) in [4.78, 5) is 22.5. The molecular weight excluding hydrogens is 444 g/mol. The Morgan fingerprint density at radius 1 is 0.914 bits per heavy atom. The summed E-state index contributed by atoms with van der Waals surface area (Å²) in [5.41, 5.74) is 1.21. The lowest BCUT2D eigenvalue weighted by molar-refractivity contribution is 0.0480. The molecule has 1 saturated carbocycles. The average Bonchev–Trinajstić information content (AvgIpc) is 3.28. The Kier molecular flexibility index (Phi) is 7.50. The van der Waals surface area contributed by atoms with Gasteiger partial charge in [-0.3, -0.25) is 0 Å². The number of alkyl carbamates (subject to hydrolysis) is 1. The second-order valence-electron chi connectivity index (χ2n) is 9.18. The average molecular weight is 475 g/mol. The largest absolute Gasteiger partial charge is 0.457 e. The molecule has 2 heterocycles. The number of rotatable bonds is 5. The highest BCUT2D eigenvalue weighted by Crippen LogP contribution is 2.28. The van der Waals surface area contributed by atoms with Crippen molar-refractivity contribution >= 4 is 17.1 Å². The molecule has 8 nitrogen and oxygen atoms in total. The van der Waals surface area contributed by atoms with Gasteiger partial charge in [0.2, 0.25) is 5.88 Å². The van der Waals surface area contributed by atoms with Crippen molar-refractivity contribution in [1.82, 2.24) is 20.3 Å². The van der Waals surface area contributed by atoms with Crippen LogP contribution in [0.3, 0.4) is 0 Å². The Bertz CT molecular complexity index is 1230. The van der Waals surface area contributed by atoms with Gasteiger partial charge in [-0.05, 0) is 82.5 Å². The number of H-pyrrole nitrogens is 1. The standard InChI is InChI=1S/C18H13N3O2.C9H17NO2/c1-2-4-13(5-3-1)22-14-6-8-15(9-7-14)23-18-17-16(10-11-19-17)20-12-21-18;1-9(2,3)12-8(11)10-7-5-4-6-7/h1-12,19H;7H,4-6H2,1-3H3,(H,10,11). The van der Waals surface area contributed by atoms with Crippen LogP contribution in [-0.4, -0.2) is 32.7 Å². The minimum absolute atomic E-state index is 0.285. The summed E-state index contributed by atoms with van der Waals surface area (Å²) in [7, 11) is 0. The number of hydrogen-bond donors (Lipinski definition) is 2. The first-order valence-corrected chi connectivity index (χ1v) is 11.6. The van der Waals surface area contributed by atoms with Gasteiger partial charge in [0.15, 0.2) is 0 Å². The maximum atomic E-state index is 11.1. The summed E-state index contributed by atoms with van der Waals surface area (Å²) in [5, 5.41) is 2.81. The molecule has 1 aliphatic carbocycles. The molecule has 2 aromatic heterocycles. The van der Waals surface area contributed by atoms with E-state index in [0.29, 0.717) is 17.7 Å². The number of aromatic amines is 1. The molecule has 0 unspecified atom stereocenters. The van der Waals surface area contributed by atoms with Gasteiger partial charge in [-0.15, -0.1) is 0 Å². The fourth-order valence-corrected chi connectivity index (χ4v) is 3.26. The van der Waals surface area contributed by atoms with Crippen molar-refractivity contribution in [2.24, 2.45) is 0 Å². The molecule has 8 heteroatoms. The first-order chi connectivity index (χ1) is 16.9. The lowest BCUT2D eigenvalue weighted by Gasteiger charge is -2.28. The summed E-state index contributed by atoms with van der Waals surface area (Å²) in [6.45, 7) is 5.61. The van der Waals surface area contributed by atoms with E-state index >= 15 is 0 Å². The van der Waals surface area contributed by atoms with E-state index in [-0.39, 0.29) is 11.7 Å². The predicted molar refractivity (Wildman–Crippen MR) is 134 cm³/mol. The van der Waals surface area contributed by atoms with Gasteiger partial charge in [0.25, 0.3) is 0 Å². The topological polar surface area (TPSA) is 98.4 Å². The third-order valence-electron chi connectivity index (χ3n) is 5.15. The van der Waals surface area contributed by atoms with Crippen LogP contribution in [0.1, 0.15) is 40.0 Å². The van der Waals surface area contributed by atoms with Gasteiger partial charge in [-0.25, -0.2) is 9.78 Å². The number of fused-ring (bicyclic) bond motifs is 1. The quantitative estimate of drug-likeness (QED) is 0.338. The molecule has 2 N–H and O–H groups in total. The summed E-state index contributed by atoms with van der Waals surface area (Å²) < 4.78 is 16.7. The monoisotopic (exact) mass is 474 g/mol. The zero-order chi connectivity index (χ0) is 24.7. The van der Waals surface area contributed by atoms with Gasteiger partial charge in [-0.1, -0.05) is 18.2 Å². The van der Waals surface area contributed by atoms with E-state index in [2.05, 4.69) is 20.3 Å². The van der Waals surface area contributed by atoms with Crippen molar-refractivity contribution in [3.8, 4) is 23.1 Å². The van der Waals surface area contributed by atoms with Crippen LogP contribution in [0.25, 0.3) is 11.0 Å². The third-order valence-corrected chi connectivity index (χ3v) is 5.15. The van der Waals surface area contributed by atoms with Crippen molar-refractivity contribution in [3.63, 3.8) is 0 Å². The molecule has 1 aliphatic rings. The van der Waals surface area contributed by atoms with Gasteiger partial charge in [-0.2, -0.15) is 4.98 Å². The lowest BCUT2D eigenvalue weighted by Crippen LogP contribution is -2.42. The van der Waals surface area contributed by atoms with E-state index in [9.17, 15) is 4.79 Å². The molecule has 0 atom stereocenters. The number of ether oxygens (including phenoxy) is 3. The molecule has 4 aromatic rings. The maximum absolute atomic E-state index is 11.1. The smallest absolute Gasteiger partial charge is 0.407 e.